The van der Waals surface area contributed by atoms with Gasteiger partial charge in [-0.1, -0.05) is 35.9 Å². The molecule has 0 unspecified atom stereocenters. The molecule has 1 fully saturated rings. The Bertz CT molecular complexity index is 990. The van der Waals surface area contributed by atoms with Gasteiger partial charge in [-0.05, 0) is 44.4 Å². The third kappa shape index (κ3) is 5.00. The number of nitrogens with zero attached hydrogens (tertiary/aromatic N) is 2. The molecule has 0 aliphatic heterocycles. The molecule has 1 saturated carbocycles. The Hall–Kier alpha value is -3.28. The van der Waals surface area contributed by atoms with E-state index in [4.69, 9.17) is 9.15 Å². The van der Waals surface area contributed by atoms with Gasteiger partial charge in [-0.3, -0.25) is 4.99 Å². The molecule has 0 atom stereocenters. The molecule has 1 aliphatic carbocycles. The lowest BCUT2D eigenvalue weighted by Gasteiger charge is -2.27. The molecule has 156 valence electrons. The van der Waals surface area contributed by atoms with E-state index in [0.29, 0.717) is 31.0 Å². The van der Waals surface area contributed by atoms with Gasteiger partial charge in [0.2, 0.25) is 5.89 Å². The van der Waals surface area contributed by atoms with E-state index >= 15 is 0 Å². The minimum absolute atomic E-state index is 0.360. The highest BCUT2D eigenvalue weighted by atomic mass is 16.5. The smallest absolute Gasteiger partial charge is 0.226 e. The van der Waals surface area contributed by atoms with Gasteiger partial charge in [-0.2, -0.15) is 0 Å². The van der Waals surface area contributed by atoms with Crippen LogP contribution in [0.2, 0.25) is 0 Å². The fourth-order valence-electron chi connectivity index (χ4n) is 3.22. The van der Waals surface area contributed by atoms with Crippen molar-refractivity contribution >= 4 is 5.96 Å². The summed E-state index contributed by atoms with van der Waals surface area (Å²) < 4.78 is 11.7. The molecule has 0 saturated heterocycles. The summed E-state index contributed by atoms with van der Waals surface area (Å²) in [7, 11) is 1.76. The number of guanidine groups is 1. The molecule has 1 aromatic heterocycles. The summed E-state index contributed by atoms with van der Waals surface area (Å²) in [4.78, 5) is 8.87. The van der Waals surface area contributed by atoms with Crippen molar-refractivity contribution in [2.45, 2.75) is 45.4 Å². The van der Waals surface area contributed by atoms with Crippen molar-refractivity contribution < 1.29 is 9.15 Å². The summed E-state index contributed by atoms with van der Waals surface area (Å²) in [5.74, 6) is 2.27. The molecule has 2 aromatic carbocycles. The number of rotatable bonds is 7. The number of ether oxygens (including phenoxy) is 1. The van der Waals surface area contributed by atoms with E-state index in [2.05, 4.69) is 45.7 Å². The van der Waals surface area contributed by atoms with Crippen molar-refractivity contribution in [3.63, 3.8) is 0 Å². The van der Waals surface area contributed by atoms with Crippen LogP contribution in [0.25, 0.3) is 11.5 Å². The van der Waals surface area contributed by atoms with E-state index in [-0.39, 0.29) is 0 Å². The maximum Gasteiger partial charge on any atom is 0.226 e. The highest BCUT2D eigenvalue weighted by Gasteiger charge is 2.20. The fourth-order valence-corrected chi connectivity index (χ4v) is 3.22. The molecular weight excluding hydrogens is 376 g/mol. The second kappa shape index (κ2) is 9.48. The molecule has 1 heterocycles. The number of oxazole rings is 1. The van der Waals surface area contributed by atoms with Gasteiger partial charge in [-0.25, -0.2) is 4.98 Å². The quantitative estimate of drug-likeness (QED) is 0.450. The topological polar surface area (TPSA) is 71.7 Å². The van der Waals surface area contributed by atoms with Crippen LogP contribution >= 0.6 is 0 Å². The van der Waals surface area contributed by atoms with Gasteiger partial charge in [0, 0.05) is 24.7 Å². The van der Waals surface area contributed by atoms with E-state index in [1.54, 1.807) is 13.3 Å². The monoisotopic (exact) mass is 404 g/mol. The summed E-state index contributed by atoms with van der Waals surface area (Å²) in [6.45, 7) is 3.22. The first kappa shape index (κ1) is 20.0. The molecule has 4 rings (SSSR count). The van der Waals surface area contributed by atoms with Gasteiger partial charge < -0.3 is 19.8 Å². The zero-order valence-electron chi connectivity index (χ0n) is 17.5. The lowest BCUT2D eigenvalue weighted by molar-refractivity contribution is 0.119. The number of aryl methyl sites for hydroxylation is 1. The van der Waals surface area contributed by atoms with E-state index in [1.807, 2.05) is 30.3 Å². The first-order valence-corrected chi connectivity index (χ1v) is 10.4. The van der Waals surface area contributed by atoms with E-state index in [9.17, 15) is 0 Å². The number of para-hydroxylation sites is 1. The second-order valence-electron chi connectivity index (χ2n) is 7.57. The Labute approximate surface area is 177 Å². The molecule has 2 N–H and O–H groups in total. The average Bonchev–Trinajstić information content (AvgIpc) is 3.21. The van der Waals surface area contributed by atoms with Crippen LogP contribution in [0.4, 0.5) is 0 Å². The van der Waals surface area contributed by atoms with E-state index < -0.39 is 0 Å². The molecule has 0 spiro atoms. The van der Waals surface area contributed by atoms with Gasteiger partial charge in [0.15, 0.2) is 5.96 Å². The molecule has 6 heteroatoms. The van der Waals surface area contributed by atoms with Gasteiger partial charge >= 0.3 is 0 Å². The summed E-state index contributed by atoms with van der Waals surface area (Å²) in [6.07, 6.45) is 5.59. The lowest BCUT2D eigenvalue weighted by Crippen LogP contribution is -2.36. The summed E-state index contributed by atoms with van der Waals surface area (Å²) in [6, 6.07) is 16.3. The molecular formula is C24H28N4O2. The summed E-state index contributed by atoms with van der Waals surface area (Å²) in [5.41, 5.74) is 4.12. The maximum atomic E-state index is 6.11. The molecule has 0 bridgehead atoms. The number of aromatic nitrogens is 1. The predicted octanol–water partition coefficient (Wildman–Crippen LogP) is 4.45. The van der Waals surface area contributed by atoms with Crippen LogP contribution in [0, 0.1) is 6.92 Å². The Morgan fingerprint density at radius 1 is 1.10 bits per heavy atom. The third-order valence-corrected chi connectivity index (χ3v) is 5.28. The zero-order valence-corrected chi connectivity index (χ0v) is 17.5. The van der Waals surface area contributed by atoms with Gasteiger partial charge in [0.05, 0.1) is 18.3 Å². The highest BCUT2D eigenvalue weighted by molar-refractivity contribution is 5.79. The van der Waals surface area contributed by atoms with Crippen LogP contribution < -0.4 is 15.4 Å². The van der Waals surface area contributed by atoms with Crippen LogP contribution in [-0.4, -0.2) is 24.1 Å². The second-order valence-corrected chi connectivity index (χ2v) is 7.57. The Balaban J connectivity index is 1.31. The van der Waals surface area contributed by atoms with Gasteiger partial charge in [0.25, 0.3) is 0 Å². The van der Waals surface area contributed by atoms with Crippen molar-refractivity contribution in [3.8, 4) is 17.2 Å². The van der Waals surface area contributed by atoms with Crippen LogP contribution in [0.5, 0.6) is 5.75 Å². The first-order chi connectivity index (χ1) is 14.7. The third-order valence-electron chi connectivity index (χ3n) is 5.28. The predicted molar refractivity (Wildman–Crippen MR) is 118 cm³/mol. The van der Waals surface area contributed by atoms with Crippen LogP contribution in [-0.2, 0) is 13.1 Å². The first-order valence-electron chi connectivity index (χ1n) is 10.4. The number of nitrogens with one attached hydrogen (secondary N) is 2. The fraction of sp³-hybridized carbons (Fsp3) is 0.333. The molecule has 0 radical (unpaired) electrons. The van der Waals surface area contributed by atoms with Crippen molar-refractivity contribution in [1.82, 2.24) is 15.6 Å². The lowest BCUT2D eigenvalue weighted by atomic mass is 9.96. The van der Waals surface area contributed by atoms with Crippen molar-refractivity contribution in [2.75, 3.05) is 7.05 Å². The Morgan fingerprint density at radius 3 is 2.60 bits per heavy atom. The van der Waals surface area contributed by atoms with Crippen LogP contribution in [0.3, 0.4) is 0 Å². The zero-order chi connectivity index (χ0) is 20.8. The van der Waals surface area contributed by atoms with Crippen molar-refractivity contribution in [1.29, 1.82) is 0 Å². The molecule has 30 heavy (non-hydrogen) atoms. The number of hydrogen-bond donors (Lipinski definition) is 2. The van der Waals surface area contributed by atoms with Crippen molar-refractivity contribution in [3.05, 3.63) is 71.6 Å². The average molecular weight is 405 g/mol. The SMILES string of the molecule is CN=C(NCc1coc(-c2ccc(C)cc2)n1)NCc1ccccc1OC1CCC1. The Morgan fingerprint density at radius 2 is 1.87 bits per heavy atom. The number of aliphatic imine (C=N–C) groups is 1. The summed E-state index contributed by atoms with van der Waals surface area (Å²) in [5, 5.41) is 6.64. The largest absolute Gasteiger partial charge is 0.490 e. The minimum atomic E-state index is 0.360. The Kier molecular flexibility index (Phi) is 6.32. The molecule has 0 amide bonds. The van der Waals surface area contributed by atoms with Crippen LogP contribution in [0.15, 0.2) is 64.2 Å². The normalized spacial score (nSPS) is 14.3. The molecule has 6 nitrogen and oxygen atoms in total. The molecule has 3 aromatic rings. The number of benzene rings is 2. The number of hydrogen-bond acceptors (Lipinski definition) is 4. The van der Waals surface area contributed by atoms with E-state index in [0.717, 1.165) is 35.4 Å². The minimum Gasteiger partial charge on any atom is -0.490 e. The molecule has 1 aliphatic rings. The van der Waals surface area contributed by atoms with E-state index in [1.165, 1.54) is 12.0 Å². The standard InChI is InChI=1S/C24H28N4O2/c1-17-10-12-18(13-11-17)23-28-20(16-29-23)15-27-24(25-2)26-14-19-6-3-4-9-22(19)30-21-7-5-8-21/h3-4,6,9-13,16,21H,5,7-8,14-15H2,1-2H3,(H2,25,26,27). The maximum absolute atomic E-state index is 6.11. The highest BCUT2D eigenvalue weighted by Crippen LogP contribution is 2.27. The van der Waals surface area contributed by atoms with Gasteiger partial charge in [-0.15, -0.1) is 0 Å². The van der Waals surface area contributed by atoms with Crippen LogP contribution in [0.1, 0.15) is 36.1 Å². The van der Waals surface area contributed by atoms with Crippen molar-refractivity contribution in [2.24, 2.45) is 4.99 Å². The summed E-state index contributed by atoms with van der Waals surface area (Å²) >= 11 is 0. The van der Waals surface area contributed by atoms with Gasteiger partial charge in [0.1, 0.15) is 12.0 Å².